The third-order valence-electron chi connectivity index (χ3n) is 0.970. The van der Waals surface area contributed by atoms with Gasteiger partial charge in [0.05, 0.1) is 0 Å². The van der Waals surface area contributed by atoms with Crippen LogP contribution >= 0.6 is 11.8 Å². The van der Waals surface area contributed by atoms with Crippen molar-refractivity contribution in [2.75, 3.05) is 24.6 Å². The molecule has 2 nitrogen and oxygen atoms in total. The Morgan fingerprint density at radius 1 is 1.29 bits per heavy atom. The van der Waals surface area contributed by atoms with Gasteiger partial charge >= 0.3 is 0 Å². The number of hydrogen-bond acceptors (Lipinski definition) is 2. The Morgan fingerprint density at radius 3 is 2.14 bits per heavy atom. The molecule has 0 amide bonds. The molecule has 7 heavy (non-hydrogen) atoms. The van der Waals surface area contributed by atoms with Crippen LogP contribution in [0.2, 0.25) is 0 Å². The molecule has 1 heterocycles. The number of hydrogen-bond donors (Lipinski definition) is 0. The zero-order valence-electron chi connectivity index (χ0n) is 4.09. The minimum Gasteiger partial charge on any atom is -0.159 e. The van der Waals surface area contributed by atoms with E-state index in [1.165, 1.54) is 0 Å². The molecule has 0 aromatic heterocycles. The number of hydroxylamine groups is 2. The van der Waals surface area contributed by atoms with E-state index in [4.69, 9.17) is 0 Å². The van der Waals surface area contributed by atoms with E-state index in [0.29, 0.717) is 0 Å². The summed E-state index contributed by atoms with van der Waals surface area (Å²) >= 11 is 1.86. The van der Waals surface area contributed by atoms with Crippen molar-refractivity contribution in [2.45, 2.75) is 0 Å². The summed E-state index contributed by atoms with van der Waals surface area (Å²) in [5, 5.41) is 11.5. The Bertz CT molecular complexity index is 53.7. The van der Waals surface area contributed by atoms with Crippen LogP contribution in [0.4, 0.5) is 0 Å². The van der Waals surface area contributed by atoms with Gasteiger partial charge in [-0.2, -0.15) is 16.8 Å². The molecule has 1 aliphatic rings. The fourth-order valence-electron chi connectivity index (χ4n) is 0.547. The molecule has 0 aromatic carbocycles. The van der Waals surface area contributed by atoms with E-state index < -0.39 is 0 Å². The second-order valence-electron chi connectivity index (χ2n) is 1.54. The monoisotopic (exact) mass is 118 g/mol. The second-order valence-corrected chi connectivity index (χ2v) is 2.77. The van der Waals surface area contributed by atoms with Crippen LogP contribution in [0.15, 0.2) is 0 Å². The number of nitrogens with zero attached hydrogens (tertiary/aromatic N) is 1. The van der Waals surface area contributed by atoms with Crippen LogP contribution in [-0.2, 0) is 5.21 Å². The second kappa shape index (κ2) is 2.55. The van der Waals surface area contributed by atoms with Gasteiger partial charge in [-0.1, -0.05) is 0 Å². The lowest BCUT2D eigenvalue weighted by Crippen LogP contribution is -2.27. The van der Waals surface area contributed by atoms with Gasteiger partial charge in [0, 0.05) is 24.6 Å². The van der Waals surface area contributed by atoms with Crippen LogP contribution in [0, 0.1) is 0 Å². The fourth-order valence-corrected chi connectivity index (χ4v) is 1.42. The molecule has 1 radical (unpaired) electrons. The first kappa shape index (κ1) is 5.41. The molecule has 1 aliphatic heterocycles. The van der Waals surface area contributed by atoms with Crippen LogP contribution in [0.3, 0.4) is 0 Å². The van der Waals surface area contributed by atoms with E-state index in [1.807, 2.05) is 11.8 Å². The van der Waals surface area contributed by atoms with Crippen LogP contribution in [-0.4, -0.2) is 29.7 Å². The highest BCUT2D eigenvalue weighted by molar-refractivity contribution is 7.99. The molecule has 0 aromatic rings. The van der Waals surface area contributed by atoms with Crippen molar-refractivity contribution in [3.05, 3.63) is 0 Å². The quantitative estimate of drug-likeness (QED) is 0.459. The van der Waals surface area contributed by atoms with E-state index in [1.54, 1.807) is 0 Å². The van der Waals surface area contributed by atoms with E-state index in [-0.39, 0.29) is 0 Å². The Balaban J connectivity index is 2.12. The summed E-state index contributed by atoms with van der Waals surface area (Å²) in [4.78, 5) is 0. The summed E-state index contributed by atoms with van der Waals surface area (Å²) in [5.74, 6) is 2.03. The van der Waals surface area contributed by atoms with Gasteiger partial charge in [0.15, 0.2) is 0 Å². The summed E-state index contributed by atoms with van der Waals surface area (Å²) in [7, 11) is 0. The average molecular weight is 118 g/mol. The minimum absolute atomic E-state index is 0.727. The average Bonchev–Trinajstić information content (AvgIpc) is 1.69. The van der Waals surface area contributed by atoms with Gasteiger partial charge in [0.2, 0.25) is 0 Å². The third-order valence-corrected chi connectivity index (χ3v) is 1.91. The maximum atomic E-state index is 10.4. The van der Waals surface area contributed by atoms with Crippen molar-refractivity contribution in [3.8, 4) is 0 Å². The molecule has 1 rings (SSSR count). The van der Waals surface area contributed by atoms with Crippen LogP contribution in [0.1, 0.15) is 0 Å². The summed E-state index contributed by atoms with van der Waals surface area (Å²) in [5.41, 5.74) is 0. The van der Waals surface area contributed by atoms with Gasteiger partial charge in [-0.3, -0.25) is 0 Å². The first-order valence-corrected chi connectivity index (χ1v) is 3.55. The lowest BCUT2D eigenvalue weighted by atomic mass is 10.6. The predicted octanol–water partition coefficient (Wildman–Crippen LogP) is 0.381. The molecule has 1 saturated heterocycles. The van der Waals surface area contributed by atoms with E-state index >= 15 is 0 Å². The summed E-state index contributed by atoms with van der Waals surface area (Å²) in [6.07, 6.45) is 0. The maximum absolute atomic E-state index is 10.4. The van der Waals surface area contributed by atoms with Crippen LogP contribution in [0.5, 0.6) is 0 Å². The highest BCUT2D eigenvalue weighted by atomic mass is 32.2. The van der Waals surface area contributed by atoms with Crippen molar-refractivity contribution < 1.29 is 5.21 Å². The molecule has 0 unspecified atom stereocenters. The fraction of sp³-hybridized carbons (Fsp3) is 1.00. The van der Waals surface area contributed by atoms with Gasteiger partial charge < -0.3 is 0 Å². The molecule has 0 atom stereocenters. The molecule has 0 aliphatic carbocycles. The van der Waals surface area contributed by atoms with Gasteiger partial charge in [-0.15, -0.1) is 5.21 Å². The smallest absolute Gasteiger partial charge is 0.0362 e. The Labute approximate surface area is 47.5 Å². The minimum atomic E-state index is 0.727. The topological polar surface area (TPSA) is 23.1 Å². The Kier molecular flexibility index (Phi) is 1.97. The maximum Gasteiger partial charge on any atom is 0.0362 e. The lowest BCUT2D eigenvalue weighted by molar-refractivity contribution is -0.149. The lowest BCUT2D eigenvalue weighted by Gasteiger charge is -2.15. The van der Waals surface area contributed by atoms with E-state index in [9.17, 15) is 5.21 Å². The summed E-state index contributed by atoms with van der Waals surface area (Å²) in [6.45, 7) is 1.45. The zero-order valence-corrected chi connectivity index (χ0v) is 4.91. The molecule has 3 heteroatoms. The van der Waals surface area contributed by atoms with Crippen molar-refractivity contribution >= 4 is 11.8 Å². The molecule has 0 bridgehead atoms. The first-order valence-electron chi connectivity index (χ1n) is 2.39. The van der Waals surface area contributed by atoms with Gasteiger partial charge in [-0.25, -0.2) is 0 Å². The standard InChI is InChI=1S/C4H8NOS/c6-5-1-3-7-4-2-5/h1-4H2. The van der Waals surface area contributed by atoms with Crippen molar-refractivity contribution in [2.24, 2.45) is 0 Å². The van der Waals surface area contributed by atoms with Crippen molar-refractivity contribution in [1.29, 1.82) is 0 Å². The SMILES string of the molecule is [O]N1CCSCC1. The molecular weight excluding hydrogens is 110 g/mol. The van der Waals surface area contributed by atoms with Crippen molar-refractivity contribution in [1.82, 2.24) is 5.06 Å². The predicted molar refractivity (Wildman–Crippen MR) is 29.6 cm³/mol. The molecular formula is C4H8NOS. The normalized spacial score (nSPS) is 25.3. The zero-order chi connectivity index (χ0) is 5.11. The third kappa shape index (κ3) is 1.67. The molecule has 0 saturated carbocycles. The molecule has 0 spiro atoms. The highest BCUT2D eigenvalue weighted by Gasteiger charge is 2.06. The van der Waals surface area contributed by atoms with E-state index in [2.05, 4.69) is 0 Å². The van der Waals surface area contributed by atoms with Gasteiger partial charge in [-0.05, 0) is 0 Å². The number of thioether (sulfide) groups is 1. The van der Waals surface area contributed by atoms with Gasteiger partial charge in [0.25, 0.3) is 0 Å². The van der Waals surface area contributed by atoms with Gasteiger partial charge in [0.1, 0.15) is 0 Å². The summed E-state index contributed by atoms with van der Waals surface area (Å²) in [6, 6.07) is 0. The molecule has 0 N–H and O–H groups in total. The Morgan fingerprint density at radius 2 is 1.86 bits per heavy atom. The number of rotatable bonds is 0. The summed E-state index contributed by atoms with van der Waals surface area (Å²) < 4.78 is 0. The van der Waals surface area contributed by atoms with Crippen LogP contribution < -0.4 is 0 Å². The van der Waals surface area contributed by atoms with Crippen molar-refractivity contribution in [3.63, 3.8) is 0 Å². The largest absolute Gasteiger partial charge is 0.159 e. The Hall–Kier alpha value is 0.270. The van der Waals surface area contributed by atoms with E-state index in [0.717, 1.165) is 29.7 Å². The highest BCUT2D eigenvalue weighted by Crippen LogP contribution is 2.05. The van der Waals surface area contributed by atoms with Crippen LogP contribution in [0.25, 0.3) is 0 Å². The first-order chi connectivity index (χ1) is 3.39. The molecule has 41 valence electrons. The molecule has 1 fully saturated rings.